The molecule has 0 bridgehead atoms. The summed E-state index contributed by atoms with van der Waals surface area (Å²) >= 11 is 0. The van der Waals surface area contributed by atoms with Crippen LogP contribution in [0.25, 0.3) is 0 Å². The van der Waals surface area contributed by atoms with Gasteiger partial charge in [0.2, 0.25) is 5.91 Å². The molecule has 90 valence electrons. The second-order valence-electron chi connectivity index (χ2n) is 4.21. The van der Waals surface area contributed by atoms with Crippen molar-refractivity contribution < 1.29 is 4.79 Å². The van der Waals surface area contributed by atoms with E-state index in [1.807, 2.05) is 31.2 Å². The molecule has 17 heavy (non-hydrogen) atoms. The van der Waals surface area contributed by atoms with Crippen LogP contribution < -0.4 is 10.6 Å². The molecule has 0 spiro atoms. The number of carbonyl (C=O) groups is 1. The molecule has 0 aromatic heterocycles. The van der Waals surface area contributed by atoms with Gasteiger partial charge in [0, 0.05) is 18.7 Å². The van der Waals surface area contributed by atoms with Crippen LogP contribution in [0.1, 0.15) is 18.9 Å². The Morgan fingerprint density at radius 2 is 2.35 bits per heavy atom. The Bertz CT molecular complexity index is 401. The smallest absolute Gasteiger partial charge is 0.242 e. The molecular weight excluding hydrogens is 212 g/mol. The minimum Gasteiger partial charge on any atom is -0.373 e. The van der Waals surface area contributed by atoms with Gasteiger partial charge in [0.05, 0.1) is 0 Å². The summed E-state index contributed by atoms with van der Waals surface area (Å²) in [5.74, 6) is 0.0886. The molecule has 3 heteroatoms. The molecule has 1 aromatic rings. The molecule has 1 heterocycles. The Labute approximate surface area is 102 Å². The highest BCUT2D eigenvalue weighted by Gasteiger charge is 2.25. The number of nitrogens with one attached hydrogen (secondary N) is 2. The first kappa shape index (κ1) is 11.7. The zero-order valence-electron chi connectivity index (χ0n) is 10.1. The Hall–Kier alpha value is -1.77. The molecule has 1 atom stereocenters. The third-order valence-corrected chi connectivity index (χ3v) is 2.93. The highest BCUT2D eigenvalue weighted by atomic mass is 16.2. The minimum absolute atomic E-state index is 0.0886. The van der Waals surface area contributed by atoms with E-state index in [-0.39, 0.29) is 11.9 Å². The van der Waals surface area contributed by atoms with Crippen molar-refractivity contribution in [3.05, 3.63) is 42.0 Å². The van der Waals surface area contributed by atoms with E-state index in [1.165, 1.54) is 5.56 Å². The maximum Gasteiger partial charge on any atom is 0.242 e. The lowest BCUT2D eigenvalue weighted by molar-refractivity contribution is -0.121. The van der Waals surface area contributed by atoms with E-state index in [4.69, 9.17) is 0 Å². The summed E-state index contributed by atoms with van der Waals surface area (Å²) in [6, 6.07) is 7.96. The number of rotatable bonds is 4. The maximum atomic E-state index is 11.9. The van der Waals surface area contributed by atoms with Crippen LogP contribution in [-0.2, 0) is 11.2 Å². The van der Waals surface area contributed by atoms with Crippen molar-refractivity contribution >= 4 is 11.6 Å². The lowest BCUT2D eigenvalue weighted by atomic mass is 10.1. The van der Waals surface area contributed by atoms with Gasteiger partial charge in [-0.15, -0.1) is 0 Å². The number of carbonyl (C=O) groups excluding carboxylic acids is 1. The van der Waals surface area contributed by atoms with E-state index >= 15 is 0 Å². The lowest BCUT2D eigenvalue weighted by Gasteiger charge is -2.11. The van der Waals surface area contributed by atoms with Crippen molar-refractivity contribution in [2.24, 2.45) is 0 Å². The van der Waals surface area contributed by atoms with E-state index in [9.17, 15) is 4.79 Å². The summed E-state index contributed by atoms with van der Waals surface area (Å²) in [6.07, 6.45) is 5.72. The van der Waals surface area contributed by atoms with E-state index in [1.54, 1.807) is 0 Å². The van der Waals surface area contributed by atoms with E-state index in [0.29, 0.717) is 6.54 Å². The van der Waals surface area contributed by atoms with Crippen LogP contribution in [0.4, 0.5) is 5.69 Å². The minimum atomic E-state index is -0.113. The number of anilines is 1. The van der Waals surface area contributed by atoms with Crippen molar-refractivity contribution in [1.82, 2.24) is 5.32 Å². The average molecular weight is 230 g/mol. The van der Waals surface area contributed by atoms with Gasteiger partial charge in [-0.25, -0.2) is 0 Å². The standard InChI is InChI=1S/C14H18N2O/c1-2-3-6-9-15-14(17)13-10-11-7-4-5-8-12(11)16-13/h2-5,7-8,13,16H,6,9-10H2,1H3,(H,15,17)/b3-2+. The summed E-state index contributed by atoms with van der Waals surface area (Å²) in [4.78, 5) is 11.9. The monoisotopic (exact) mass is 230 g/mol. The fraction of sp³-hybridized carbons (Fsp3) is 0.357. The molecule has 1 aliphatic heterocycles. The lowest BCUT2D eigenvalue weighted by Crippen LogP contribution is -2.38. The van der Waals surface area contributed by atoms with Gasteiger partial charge in [-0.05, 0) is 25.0 Å². The summed E-state index contributed by atoms with van der Waals surface area (Å²) in [6.45, 7) is 2.69. The Morgan fingerprint density at radius 3 is 3.12 bits per heavy atom. The normalized spacial score (nSPS) is 17.8. The van der Waals surface area contributed by atoms with Gasteiger partial charge in [-0.1, -0.05) is 30.4 Å². The van der Waals surface area contributed by atoms with Crippen molar-refractivity contribution in [3.63, 3.8) is 0 Å². The van der Waals surface area contributed by atoms with Crippen molar-refractivity contribution in [1.29, 1.82) is 0 Å². The van der Waals surface area contributed by atoms with Crippen LogP contribution in [0.2, 0.25) is 0 Å². The van der Waals surface area contributed by atoms with Crippen molar-refractivity contribution in [2.75, 3.05) is 11.9 Å². The number of amides is 1. The molecule has 2 rings (SSSR count). The second kappa shape index (κ2) is 5.53. The van der Waals surface area contributed by atoms with Crippen LogP contribution in [0.15, 0.2) is 36.4 Å². The number of fused-ring (bicyclic) bond motifs is 1. The van der Waals surface area contributed by atoms with Gasteiger partial charge in [-0.2, -0.15) is 0 Å². The van der Waals surface area contributed by atoms with Crippen LogP contribution in [0.5, 0.6) is 0 Å². The topological polar surface area (TPSA) is 41.1 Å². The van der Waals surface area contributed by atoms with Gasteiger partial charge in [-0.3, -0.25) is 4.79 Å². The number of hydrogen-bond acceptors (Lipinski definition) is 2. The first-order valence-electron chi connectivity index (χ1n) is 6.04. The first-order chi connectivity index (χ1) is 8.31. The fourth-order valence-corrected chi connectivity index (χ4v) is 2.02. The quantitative estimate of drug-likeness (QED) is 0.614. The van der Waals surface area contributed by atoms with Gasteiger partial charge >= 0.3 is 0 Å². The molecule has 1 unspecified atom stereocenters. The molecule has 0 aliphatic carbocycles. The largest absolute Gasteiger partial charge is 0.373 e. The Balaban J connectivity index is 1.84. The molecular formula is C14H18N2O. The van der Waals surface area contributed by atoms with Crippen LogP contribution in [0.3, 0.4) is 0 Å². The molecule has 2 N–H and O–H groups in total. The molecule has 0 saturated heterocycles. The highest BCUT2D eigenvalue weighted by molar-refractivity contribution is 5.87. The van der Waals surface area contributed by atoms with Gasteiger partial charge < -0.3 is 10.6 Å². The van der Waals surface area contributed by atoms with Crippen LogP contribution in [0, 0.1) is 0 Å². The fourth-order valence-electron chi connectivity index (χ4n) is 2.02. The van der Waals surface area contributed by atoms with Gasteiger partial charge in [0.1, 0.15) is 6.04 Å². The predicted octanol–water partition coefficient (Wildman–Crippen LogP) is 2.11. The first-order valence-corrected chi connectivity index (χ1v) is 6.04. The third kappa shape index (κ3) is 2.87. The number of allylic oxidation sites excluding steroid dienone is 1. The summed E-state index contributed by atoms with van der Waals surface area (Å²) < 4.78 is 0. The third-order valence-electron chi connectivity index (χ3n) is 2.93. The summed E-state index contributed by atoms with van der Waals surface area (Å²) in [7, 11) is 0. The second-order valence-corrected chi connectivity index (χ2v) is 4.21. The van der Waals surface area contributed by atoms with E-state index in [0.717, 1.165) is 18.5 Å². The van der Waals surface area contributed by atoms with Gasteiger partial charge in [0.15, 0.2) is 0 Å². The number of para-hydroxylation sites is 1. The maximum absolute atomic E-state index is 11.9. The Kier molecular flexibility index (Phi) is 3.81. The van der Waals surface area contributed by atoms with Crippen LogP contribution in [-0.4, -0.2) is 18.5 Å². The molecule has 1 amide bonds. The molecule has 0 fully saturated rings. The predicted molar refractivity (Wildman–Crippen MR) is 70.0 cm³/mol. The number of benzene rings is 1. The van der Waals surface area contributed by atoms with E-state index < -0.39 is 0 Å². The zero-order chi connectivity index (χ0) is 12.1. The molecule has 1 aliphatic rings. The zero-order valence-corrected chi connectivity index (χ0v) is 10.1. The summed E-state index contributed by atoms with van der Waals surface area (Å²) in [5.41, 5.74) is 2.31. The highest BCUT2D eigenvalue weighted by Crippen LogP contribution is 2.24. The summed E-state index contributed by atoms with van der Waals surface area (Å²) in [5, 5.41) is 6.19. The average Bonchev–Trinajstić information content (AvgIpc) is 2.78. The molecule has 3 nitrogen and oxygen atoms in total. The molecule has 0 saturated carbocycles. The van der Waals surface area contributed by atoms with Crippen LogP contribution >= 0.6 is 0 Å². The SMILES string of the molecule is C/C=C/CCNC(=O)C1Cc2ccccc2N1. The molecule has 0 radical (unpaired) electrons. The Morgan fingerprint density at radius 1 is 1.53 bits per heavy atom. The molecule has 1 aromatic carbocycles. The van der Waals surface area contributed by atoms with Gasteiger partial charge in [0.25, 0.3) is 0 Å². The van der Waals surface area contributed by atoms with Crippen molar-refractivity contribution in [2.45, 2.75) is 25.8 Å². The van der Waals surface area contributed by atoms with Crippen molar-refractivity contribution in [3.8, 4) is 0 Å². The van der Waals surface area contributed by atoms with E-state index in [2.05, 4.69) is 22.8 Å². The number of hydrogen-bond donors (Lipinski definition) is 2.